The zero-order valence-corrected chi connectivity index (χ0v) is 13.4. The van der Waals surface area contributed by atoms with Gasteiger partial charge < -0.3 is 11.1 Å². The number of hydrogen-bond acceptors (Lipinski definition) is 3. The molecule has 3 heteroatoms. The molecule has 0 fully saturated rings. The van der Waals surface area contributed by atoms with Crippen LogP contribution in [0, 0.1) is 25.2 Å². The van der Waals surface area contributed by atoms with Crippen molar-refractivity contribution in [1.29, 1.82) is 0 Å². The summed E-state index contributed by atoms with van der Waals surface area (Å²) < 4.78 is 0. The Kier molecular flexibility index (Phi) is 6.98. The summed E-state index contributed by atoms with van der Waals surface area (Å²) in [5.41, 5.74) is 9.57. The van der Waals surface area contributed by atoms with Crippen molar-refractivity contribution in [1.82, 2.24) is 10.3 Å². The van der Waals surface area contributed by atoms with E-state index < -0.39 is 0 Å². The standard InChI is InChI=1S/C18H27N3/c1-6-14(3)20-16(5)18-10-9-17(15(4)21-18)8-7-13(2)11-12-19/h1,9-10,13-14,20H,5,7-8,11-12,19H2,2-4H3/t13?,14-/m1/s1. The molecule has 0 amide bonds. The Hall–Kier alpha value is -1.79. The van der Waals surface area contributed by atoms with Gasteiger partial charge in [-0.2, -0.15) is 0 Å². The van der Waals surface area contributed by atoms with Crippen LogP contribution in [-0.4, -0.2) is 17.6 Å². The van der Waals surface area contributed by atoms with Crippen molar-refractivity contribution in [2.45, 2.75) is 46.1 Å². The molecule has 2 atom stereocenters. The van der Waals surface area contributed by atoms with E-state index >= 15 is 0 Å². The number of hydrogen-bond donors (Lipinski definition) is 2. The van der Waals surface area contributed by atoms with E-state index in [2.05, 4.69) is 35.8 Å². The molecular weight excluding hydrogens is 258 g/mol. The summed E-state index contributed by atoms with van der Waals surface area (Å²) in [6.07, 6.45) is 8.63. The van der Waals surface area contributed by atoms with E-state index in [0.717, 1.165) is 42.9 Å². The minimum absolute atomic E-state index is 0.0450. The molecule has 1 unspecified atom stereocenters. The Morgan fingerprint density at radius 1 is 1.43 bits per heavy atom. The molecule has 0 aromatic carbocycles. The summed E-state index contributed by atoms with van der Waals surface area (Å²) in [7, 11) is 0. The van der Waals surface area contributed by atoms with Crippen LogP contribution in [0.5, 0.6) is 0 Å². The van der Waals surface area contributed by atoms with Gasteiger partial charge >= 0.3 is 0 Å². The normalized spacial score (nSPS) is 13.3. The van der Waals surface area contributed by atoms with E-state index in [9.17, 15) is 0 Å². The van der Waals surface area contributed by atoms with Gasteiger partial charge in [-0.05, 0) is 57.2 Å². The molecule has 0 aliphatic heterocycles. The molecule has 1 rings (SSSR count). The van der Waals surface area contributed by atoms with Crippen LogP contribution in [0.3, 0.4) is 0 Å². The maximum atomic E-state index is 5.59. The monoisotopic (exact) mass is 285 g/mol. The molecule has 1 aromatic heterocycles. The molecule has 1 heterocycles. The Morgan fingerprint density at radius 3 is 2.71 bits per heavy atom. The van der Waals surface area contributed by atoms with Crippen LogP contribution in [0.2, 0.25) is 0 Å². The lowest BCUT2D eigenvalue weighted by molar-refractivity contribution is 0.499. The molecule has 0 saturated heterocycles. The fourth-order valence-corrected chi connectivity index (χ4v) is 2.23. The summed E-state index contributed by atoms with van der Waals surface area (Å²) in [6, 6.07) is 4.10. The van der Waals surface area contributed by atoms with Gasteiger partial charge in [0.2, 0.25) is 0 Å². The van der Waals surface area contributed by atoms with Crippen LogP contribution < -0.4 is 11.1 Å². The van der Waals surface area contributed by atoms with Crippen molar-refractivity contribution in [2.24, 2.45) is 11.7 Å². The van der Waals surface area contributed by atoms with E-state index in [1.165, 1.54) is 5.56 Å². The van der Waals surface area contributed by atoms with Gasteiger partial charge in [-0.25, -0.2) is 0 Å². The zero-order chi connectivity index (χ0) is 15.8. The van der Waals surface area contributed by atoms with Crippen molar-refractivity contribution in [2.75, 3.05) is 6.54 Å². The van der Waals surface area contributed by atoms with Crippen molar-refractivity contribution in [3.05, 3.63) is 35.7 Å². The second-order valence-electron chi connectivity index (χ2n) is 5.67. The highest BCUT2D eigenvalue weighted by Crippen LogP contribution is 2.17. The smallest absolute Gasteiger partial charge is 0.0858 e. The maximum Gasteiger partial charge on any atom is 0.0858 e. The lowest BCUT2D eigenvalue weighted by Crippen LogP contribution is -2.22. The van der Waals surface area contributed by atoms with Gasteiger partial charge in [0.25, 0.3) is 0 Å². The number of nitrogens with one attached hydrogen (secondary N) is 1. The Labute approximate surface area is 129 Å². The van der Waals surface area contributed by atoms with Gasteiger partial charge in [0.05, 0.1) is 17.4 Å². The van der Waals surface area contributed by atoms with Crippen molar-refractivity contribution < 1.29 is 0 Å². The second kappa shape index (κ2) is 8.49. The number of terminal acetylenes is 1. The average molecular weight is 285 g/mol. The third-order valence-electron chi connectivity index (χ3n) is 3.71. The molecular formula is C18H27N3. The first kappa shape index (κ1) is 17.3. The van der Waals surface area contributed by atoms with E-state index in [4.69, 9.17) is 12.2 Å². The van der Waals surface area contributed by atoms with E-state index in [0.29, 0.717) is 5.92 Å². The Balaban J connectivity index is 2.68. The molecule has 114 valence electrons. The molecule has 3 N–H and O–H groups in total. The summed E-state index contributed by atoms with van der Waals surface area (Å²) in [6.45, 7) is 11.0. The third-order valence-corrected chi connectivity index (χ3v) is 3.71. The molecule has 0 aliphatic carbocycles. The van der Waals surface area contributed by atoms with Crippen LogP contribution in [0.1, 0.15) is 43.6 Å². The van der Waals surface area contributed by atoms with Crippen molar-refractivity contribution in [3.63, 3.8) is 0 Å². The number of pyridine rings is 1. The molecule has 3 nitrogen and oxygen atoms in total. The molecule has 1 aromatic rings. The van der Waals surface area contributed by atoms with Crippen LogP contribution in [-0.2, 0) is 6.42 Å². The maximum absolute atomic E-state index is 5.59. The first-order valence-corrected chi connectivity index (χ1v) is 7.56. The number of aromatic nitrogens is 1. The van der Waals surface area contributed by atoms with Gasteiger partial charge in [0.1, 0.15) is 0 Å². The van der Waals surface area contributed by atoms with Gasteiger partial charge in [-0.3, -0.25) is 4.98 Å². The van der Waals surface area contributed by atoms with Gasteiger partial charge in [0.15, 0.2) is 0 Å². The van der Waals surface area contributed by atoms with Crippen LogP contribution >= 0.6 is 0 Å². The third kappa shape index (κ3) is 5.61. The lowest BCUT2D eigenvalue weighted by Gasteiger charge is -2.14. The van der Waals surface area contributed by atoms with Crippen LogP contribution in [0.15, 0.2) is 18.7 Å². The molecule has 0 bridgehead atoms. The summed E-state index contributed by atoms with van der Waals surface area (Å²) in [5.74, 6) is 3.28. The summed E-state index contributed by atoms with van der Waals surface area (Å²) in [4.78, 5) is 4.63. The second-order valence-corrected chi connectivity index (χ2v) is 5.67. The van der Waals surface area contributed by atoms with E-state index in [1.807, 2.05) is 19.9 Å². The molecule has 0 aliphatic rings. The van der Waals surface area contributed by atoms with Gasteiger partial charge in [0, 0.05) is 5.69 Å². The average Bonchev–Trinajstić information content (AvgIpc) is 2.46. The topological polar surface area (TPSA) is 50.9 Å². The van der Waals surface area contributed by atoms with E-state index in [-0.39, 0.29) is 6.04 Å². The van der Waals surface area contributed by atoms with Crippen LogP contribution in [0.4, 0.5) is 0 Å². The largest absolute Gasteiger partial charge is 0.371 e. The minimum Gasteiger partial charge on any atom is -0.371 e. The fourth-order valence-electron chi connectivity index (χ4n) is 2.23. The molecule has 0 spiro atoms. The minimum atomic E-state index is -0.0450. The lowest BCUT2D eigenvalue weighted by atomic mass is 9.97. The predicted octanol–water partition coefficient (Wildman–Crippen LogP) is 2.89. The van der Waals surface area contributed by atoms with Crippen molar-refractivity contribution >= 4 is 5.70 Å². The van der Waals surface area contributed by atoms with Crippen LogP contribution in [0.25, 0.3) is 5.70 Å². The van der Waals surface area contributed by atoms with Gasteiger partial charge in [-0.1, -0.05) is 25.5 Å². The SMILES string of the molecule is C#C[C@@H](C)NC(=C)c1ccc(CCC(C)CCN)c(C)n1. The Morgan fingerprint density at radius 2 is 2.14 bits per heavy atom. The highest BCUT2D eigenvalue weighted by Gasteiger charge is 2.08. The molecule has 0 radical (unpaired) electrons. The number of aryl methyl sites for hydroxylation is 2. The fraction of sp³-hybridized carbons (Fsp3) is 0.500. The highest BCUT2D eigenvalue weighted by atomic mass is 14.9. The van der Waals surface area contributed by atoms with Crippen molar-refractivity contribution in [3.8, 4) is 12.3 Å². The number of rotatable bonds is 8. The quantitative estimate of drug-likeness (QED) is 0.722. The van der Waals surface area contributed by atoms with Gasteiger partial charge in [-0.15, -0.1) is 6.42 Å². The molecule has 21 heavy (non-hydrogen) atoms. The number of nitrogens with zero attached hydrogens (tertiary/aromatic N) is 1. The highest BCUT2D eigenvalue weighted by molar-refractivity contribution is 5.59. The first-order chi connectivity index (χ1) is 9.97. The Bertz CT molecular complexity index is 514. The predicted molar refractivity (Wildman–Crippen MR) is 90.6 cm³/mol. The van der Waals surface area contributed by atoms with E-state index in [1.54, 1.807) is 0 Å². The number of nitrogens with two attached hydrogens (primary N) is 1. The summed E-state index contributed by atoms with van der Waals surface area (Å²) >= 11 is 0. The first-order valence-electron chi connectivity index (χ1n) is 7.56. The summed E-state index contributed by atoms with van der Waals surface area (Å²) in [5, 5.41) is 3.15. The molecule has 0 saturated carbocycles. The zero-order valence-electron chi connectivity index (χ0n) is 13.4.